The van der Waals surface area contributed by atoms with E-state index in [0.717, 1.165) is 49.7 Å². The summed E-state index contributed by atoms with van der Waals surface area (Å²) in [7, 11) is 0. The lowest BCUT2D eigenvalue weighted by Crippen LogP contribution is -2.46. The van der Waals surface area contributed by atoms with Crippen LogP contribution in [0.4, 0.5) is 0 Å². The van der Waals surface area contributed by atoms with E-state index in [1.54, 1.807) is 0 Å². The summed E-state index contributed by atoms with van der Waals surface area (Å²) in [6.45, 7) is 5.38. The Bertz CT molecular complexity index is 447. The van der Waals surface area contributed by atoms with Crippen LogP contribution >= 0.6 is 0 Å². The molecule has 2 aliphatic heterocycles. The Morgan fingerprint density at radius 2 is 1.90 bits per heavy atom. The van der Waals surface area contributed by atoms with Gasteiger partial charge in [-0.15, -0.1) is 0 Å². The highest BCUT2D eigenvalue weighted by Gasteiger charge is 2.23. The van der Waals surface area contributed by atoms with Gasteiger partial charge in [0.2, 0.25) is 0 Å². The first kappa shape index (κ1) is 13.7. The van der Waals surface area contributed by atoms with Crippen molar-refractivity contribution in [1.29, 1.82) is 0 Å². The molecule has 1 unspecified atom stereocenters. The zero-order valence-corrected chi connectivity index (χ0v) is 11.7. The van der Waals surface area contributed by atoms with Crippen molar-refractivity contribution in [1.82, 2.24) is 10.2 Å². The van der Waals surface area contributed by atoms with Gasteiger partial charge in [0.25, 0.3) is 0 Å². The fraction of sp³-hybridized carbons (Fsp3) is 0.600. The number of piperazine rings is 1. The molecule has 0 saturated carbocycles. The molecule has 20 heavy (non-hydrogen) atoms. The number of rotatable bonds is 3. The molecular formula is C15H22N2O3. The van der Waals surface area contributed by atoms with Gasteiger partial charge < -0.3 is 19.9 Å². The molecule has 0 amide bonds. The number of nitrogens with zero attached hydrogens (tertiary/aromatic N) is 1. The normalized spacial score (nSPS) is 21.2. The summed E-state index contributed by atoms with van der Waals surface area (Å²) in [5.74, 6) is 1.61. The molecule has 0 radical (unpaired) electrons. The smallest absolute Gasteiger partial charge is 0.161 e. The topological polar surface area (TPSA) is 54.0 Å². The fourth-order valence-corrected chi connectivity index (χ4v) is 2.81. The maximum atomic E-state index is 9.76. The van der Waals surface area contributed by atoms with E-state index in [-0.39, 0.29) is 12.6 Å². The largest absolute Gasteiger partial charge is 0.490 e. The minimum absolute atomic E-state index is 0.0363. The van der Waals surface area contributed by atoms with Crippen molar-refractivity contribution in [2.45, 2.75) is 12.5 Å². The monoisotopic (exact) mass is 278 g/mol. The van der Waals surface area contributed by atoms with E-state index in [1.165, 1.54) is 0 Å². The van der Waals surface area contributed by atoms with Crippen LogP contribution < -0.4 is 14.8 Å². The predicted octanol–water partition coefficient (Wildman–Crippen LogP) is 0.786. The van der Waals surface area contributed by atoms with Crippen LogP contribution in [-0.4, -0.2) is 56.0 Å². The Kier molecular flexibility index (Phi) is 4.40. The molecule has 0 aliphatic carbocycles. The minimum Gasteiger partial charge on any atom is -0.490 e. The number of ether oxygens (including phenoxy) is 2. The fourth-order valence-electron chi connectivity index (χ4n) is 2.81. The van der Waals surface area contributed by atoms with Gasteiger partial charge in [-0.2, -0.15) is 0 Å². The van der Waals surface area contributed by atoms with E-state index in [9.17, 15) is 5.11 Å². The first-order chi connectivity index (χ1) is 9.88. The molecule has 3 rings (SSSR count). The molecule has 2 heterocycles. The molecule has 1 fully saturated rings. The summed E-state index contributed by atoms with van der Waals surface area (Å²) in [6.07, 6.45) is 0.908. The Balaban J connectivity index is 1.82. The lowest BCUT2D eigenvalue weighted by atomic mass is 10.0. The summed E-state index contributed by atoms with van der Waals surface area (Å²) in [6, 6.07) is 6.05. The van der Waals surface area contributed by atoms with Gasteiger partial charge in [-0.05, 0) is 17.7 Å². The summed E-state index contributed by atoms with van der Waals surface area (Å²) in [4.78, 5) is 2.32. The van der Waals surface area contributed by atoms with Gasteiger partial charge in [0.05, 0.1) is 25.9 Å². The van der Waals surface area contributed by atoms with E-state index in [4.69, 9.17) is 9.47 Å². The molecular weight excluding hydrogens is 256 g/mol. The summed E-state index contributed by atoms with van der Waals surface area (Å²) >= 11 is 0. The zero-order chi connectivity index (χ0) is 13.8. The zero-order valence-electron chi connectivity index (χ0n) is 11.7. The molecule has 1 atom stereocenters. The second kappa shape index (κ2) is 6.43. The van der Waals surface area contributed by atoms with Crippen molar-refractivity contribution in [2.24, 2.45) is 0 Å². The standard InChI is InChI=1S/C15H22N2O3/c18-11-13(17-6-4-16-5-7-17)12-2-3-14-15(10-12)20-9-1-8-19-14/h2-3,10,13,16,18H,1,4-9,11H2. The van der Waals surface area contributed by atoms with E-state index in [2.05, 4.69) is 10.2 Å². The third-order valence-corrected chi connectivity index (χ3v) is 3.92. The second-order valence-electron chi connectivity index (χ2n) is 5.24. The molecule has 2 N–H and O–H groups in total. The highest BCUT2D eigenvalue weighted by atomic mass is 16.5. The third-order valence-electron chi connectivity index (χ3n) is 3.92. The Morgan fingerprint density at radius 3 is 2.65 bits per heavy atom. The van der Waals surface area contributed by atoms with Crippen LogP contribution in [0.1, 0.15) is 18.0 Å². The molecule has 1 aromatic rings. The maximum Gasteiger partial charge on any atom is 0.161 e. The van der Waals surface area contributed by atoms with Crippen LogP contribution in [0, 0.1) is 0 Å². The summed E-state index contributed by atoms with van der Waals surface area (Å²) in [5, 5.41) is 13.1. The molecule has 0 aromatic heterocycles. The Hall–Kier alpha value is -1.30. The average Bonchev–Trinajstić information content (AvgIpc) is 2.74. The van der Waals surface area contributed by atoms with Crippen LogP contribution in [0.15, 0.2) is 18.2 Å². The molecule has 5 heteroatoms. The number of aliphatic hydroxyl groups excluding tert-OH is 1. The Labute approximate surface area is 119 Å². The van der Waals surface area contributed by atoms with Crippen molar-refractivity contribution in [3.8, 4) is 11.5 Å². The van der Waals surface area contributed by atoms with Gasteiger partial charge in [-0.25, -0.2) is 0 Å². The highest BCUT2D eigenvalue weighted by Crippen LogP contribution is 2.33. The Morgan fingerprint density at radius 1 is 1.15 bits per heavy atom. The molecule has 2 aliphatic rings. The van der Waals surface area contributed by atoms with Crippen molar-refractivity contribution in [3.05, 3.63) is 23.8 Å². The van der Waals surface area contributed by atoms with Crippen molar-refractivity contribution in [3.63, 3.8) is 0 Å². The number of fused-ring (bicyclic) bond motifs is 1. The number of hydrogen-bond donors (Lipinski definition) is 2. The van der Waals surface area contributed by atoms with E-state index in [1.807, 2.05) is 18.2 Å². The first-order valence-electron chi connectivity index (χ1n) is 7.33. The minimum atomic E-state index is 0.0363. The SMILES string of the molecule is OCC(c1ccc2c(c1)OCCCO2)N1CCNCC1. The quantitative estimate of drug-likeness (QED) is 0.856. The second-order valence-corrected chi connectivity index (χ2v) is 5.24. The van der Waals surface area contributed by atoms with E-state index >= 15 is 0 Å². The molecule has 0 bridgehead atoms. The third kappa shape index (κ3) is 2.90. The van der Waals surface area contributed by atoms with Gasteiger partial charge in [-0.3, -0.25) is 4.90 Å². The van der Waals surface area contributed by atoms with Crippen LogP contribution in [-0.2, 0) is 0 Å². The number of hydrogen-bond acceptors (Lipinski definition) is 5. The predicted molar refractivity (Wildman–Crippen MR) is 76.3 cm³/mol. The van der Waals surface area contributed by atoms with Gasteiger partial charge in [0.1, 0.15) is 0 Å². The first-order valence-corrected chi connectivity index (χ1v) is 7.33. The lowest BCUT2D eigenvalue weighted by molar-refractivity contribution is 0.110. The van der Waals surface area contributed by atoms with Gasteiger partial charge in [-0.1, -0.05) is 6.07 Å². The van der Waals surface area contributed by atoms with E-state index < -0.39 is 0 Å². The van der Waals surface area contributed by atoms with Crippen LogP contribution in [0.2, 0.25) is 0 Å². The average molecular weight is 278 g/mol. The van der Waals surface area contributed by atoms with Crippen molar-refractivity contribution >= 4 is 0 Å². The van der Waals surface area contributed by atoms with E-state index in [0.29, 0.717) is 13.2 Å². The molecule has 1 aromatic carbocycles. The summed E-state index contributed by atoms with van der Waals surface area (Å²) < 4.78 is 11.4. The molecule has 1 saturated heterocycles. The van der Waals surface area contributed by atoms with Crippen LogP contribution in [0.3, 0.4) is 0 Å². The number of benzene rings is 1. The molecule has 110 valence electrons. The summed E-state index contributed by atoms with van der Waals surface area (Å²) in [5.41, 5.74) is 1.10. The molecule has 0 spiro atoms. The maximum absolute atomic E-state index is 9.76. The number of aliphatic hydroxyl groups is 1. The van der Waals surface area contributed by atoms with Gasteiger partial charge in [0.15, 0.2) is 11.5 Å². The lowest BCUT2D eigenvalue weighted by Gasteiger charge is -2.34. The molecule has 5 nitrogen and oxygen atoms in total. The highest BCUT2D eigenvalue weighted by molar-refractivity contribution is 5.44. The van der Waals surface area contributed by atoms with Crippen LogP contribution in [0.25, 0.3) is 0 Å². The van der Waals surface area contributed by atoms with Gasteiger partial charge in [0, 0.05) is 32.6 Å². The number of nitrogens with one attached hydrogen (secondary N) is 1. The van der Waals surface area contributed by atoms with Crippen molar-refractivity contribution in [2.75, 3.05) is 46.0 Å². The van der Waals surface area contributed by atoms with Crippen LogP contribution in [0.5, 0.6) is 11.5 Å². The van der Waals surface area contributed by atoms with Crippen molar-refractivity contribution < 1.29 is 14.6 Å². The van der Waals surface area contributed by atoms with Gasteiger partial charge >= 0.3 is 0 Å².